The van der Waals surface area contributed by atoms with E-state index in [0.717, 1.165) is 5.92 Å². The second kappa shape index (κ2) is 9.80. The Labute approximate surface area is 115 Å². The fraction of sp³-hybridized carbons (Fsp3) is 1.00. The maximum Gasteiger partial charge on any atom is 0.0192 e. The number of nitrogens with one attached hydrogen (secondary N) is 1. The summed E-state index contributed by atoms with van der Waals surface area (Å²) in [6, 6.07) is 0.710. The molecule has 0 aromatic carbocycles. The van der Waals surface area contributed by atoms with E-state index in [1.54, 1.807) is 0 Å². The van der Waals surface area contributed by atoms with Crippen molar-refractivity contribution in [2.75, 3.05) is 26.2 Å². The first-order chi connectivity index (χ1) is 8.77. The zero-order valence-corrected chi connectivity index (χ0v) is 12.9. The summed E-state index contributed by atoms with van der Waals surface area (Å²) in [4.78, 5) is 2.70. The Balaban J connectivity index is 2.14. The molecular weight excluding hydrogens is 220 g/mol. The Bertz CT molecular complexity index is 194. The average molecular weight is 254 g/mol. The van der Waals surface area contributed by atoms with Gasteiger partial charge in [-0.2, -0.15) is 0 Å². The number of likely N-dealkylation sites (tertiary alicyclic amines) is 1. The maximum atomic E-state index is 3.62. The highest BCUT2D eigenvalue weighted by atomic mass is 15.2. The van der Waals surface area contributed by atoms with E-state index in [1.807, 2.05) is 0 Å². The highest BCUT2D eigenvalue weighted by Gasteiger charge is 2.19. The second-order valence-corrected chi connectivity index (χ2v) is 6.00. The number of hydrogen-bond donors (Lipinski definition) is 1. The predicted octanol–water partition coefficient (Wildman–Crippen LogP) is 3.67. The molecule has 0 radical (unpaired) electrons. The molecule has 0 aromatic rings. The smallest absolute Gasteiger partial charge is 0.0192 e. The van der Waals surface area contributed by atoms with Gasteiger partial charge in [-0.05, 0) is 58.2 Å². The van der Waals surface area contributed by atoms with Crippen molar-refractivity contribution in [2.24, 2.45) is 5.92 Å². The van der Waals surface area contributed by atoms with Gasteiger partial charge >= 0.3 is 0 Å². The van der Waals surface area contributed by atoms with Gasteiger partial charge in [0, 0.05) is 12.6 Å². The SMILES string of the molecule is CCCCCNCC(C)N1CCCC(CC)CC1. The number of rotatable bonds is 8. The van der Waals surface area contributed by atoms with E-state index < -0.39 is 0 Å². The molecule has 1 rings (SSSR count). The van der Waals surface area contributed by atoms with E-state index in [-0.39, 0.29) is 0 Å². The van der Waals surface area contributed by atoms with Crippen LogP contribution in [-0.2, 0) is 0 Å². The Morgan fingerprint density at radius 3 is 2.72 bits per heavy atom. The molecule has 108 valence electrons. The molecule has 1 heterocycles. The van der Waals surface area contributed by atoms with Gasteiger partial charge in [0.2, 0.25) is 0 Å². The van der Waals surface area contributed by atoms with Crippen LogP contribution in [0.5, 0.6) is 0 Å². The fourth-order valence-electron chi connectivity index (χ4n) is 2.98. The minimum absolute atomic E-state index is 0.710. The molecule has 0 aliphatic carbocycles. The van der Waals surface area contributed by atoms with Gasteiger partial charge in [-0.3, -0.25) is 4.90 Å². The number of nitrogens with zero attached hydrogens (tertiary/aromatic N) is 1. The molecule has 0 saturated carbocycles. The monoisotopic (exact) mass is 254 g/mol. The van der Waals surface area contributed by atoms with E-state index in [9.17, 15) is 0 Å². The molecule has 0 amide bonds. The first-order valence-electron chi connectivity index (χ1n) is 8.22. The van der Waals surface area contributed by atoms with Crippen molar-refractivity contribution in [3.63, 3.8) is 0 Å². The number of unbranched alkanes of at least 4 members (excludes halogenated alkanes) is 2. The molecule has 2 heteroatoms. The van der Waals surface area contributed by atoms with Crippen LogP contribution >= 0.6 is 0 Å². The summed E-state index contributed by atoms with van der Waals surface area (Å²) in [6.45, 7) is 12.0. The fourth-order valence-corrected chi connectivity index (χ4v) is 2.98. The molecule has 2 unspecified atom stereocenters. The molecule has 0 bridgehead atoms. The van der Waals surface area contributed by atoms with Gasteiger partial charge in [0.1, 0.15) is 0 Å². The van der Waals surface area contributed by atoms with Crippen molar-refractivity contribution >= 4 is 0 Å². The third kappa shape index (κ3) is 6.19. The average Bonchev–Trinajstić information content (AvgIpc) is 2.63. The predicted molar refractivity (Wildman–Crippen MR) is 81.1 cm³/mol. The maximum absolute atomic E-state index is 3.62. The lowest BCUT2D eigenvalue weighted by Gasteiger charge is -2.28. The van der Waals surface area contributed by atoms with Gasteiger partial charge in [0.05, 0.1) is 0 Å². The van der Waals surface area contributed by atoms with Crippen LogP contribution in [0.4, 0.5) is 0 Å². The summed E-state index contributed by atoms with van der Waals surface area (Å²) >= 11 is 0. The van der Waals surface area contributed by atoms with Crippen LogP contribution in [0.15, 0.2) is 0 Å². The second-order valence-electron chi connectivity index (χ2n) is 6.00. The normalized spacial score (nSPS) is 23.8. The van der Waals surface area contributed by atoms with E-state index >= 15 is 0 Å². The first-order valence-corrected chi connectivity index (χ1v) is 8.22. The molecule has 1 aliphatic heterocycles. The highest BCUT2D eigenvalue weighted by molar-refractivity contribution is 4.75. The molecule has 1 fully saturated rings. The quantitative estimate of drug-likeness (QED) is 0.665. The van der Waals surface area contributed by atoms with Crippen molar-refractivity contribution in [3.8, 4) is 0 Å². The number of hydrogen-bond acceptors (Lipinski definition) is 2. The summed E-state index contributed by atoms with van der Waals surface area (Å²) in [6.07, 6.45) is 9.66. The van der Waals surface area contributed by atoms with Gasteiger partial charge in [0.15, 0.2) is 0 Å². The van der Waals surface area contributed by atoms with Gasteiger partial charge in [-0.1, -0.05) is 33.1 Å². The standard InChI is InChI=1S/C16H34N2/c1-4-6-7-11-17-14-15(3)18-12-8-9-16(5-2)10-13-18/h15-17H,4-14H2,1-3H3. The van der Waals surface area contributed by atoms with Crippen LogP contribution in [0, 0.1) is 5.92 Å². The van der Waals surface area contributed by atoms with Crippen molar-refractivity contribution in [1.82, 2.24) is 10.2 Å². The summed E-state index contributed by atoms with van der Waals surface area (Å²) in [5.41, 5.74) is 0. The molecule has 0 aromatic heterocycles. The zero-order chi connectivity index (χ0) is 13.2. The summed E-state index contributed by atoms with van der Waals surface area (Å²) in [5, 5.41) is 3.62. The topological polar surface area (TPSA) is 15.3 Å². The minimum Gasteiger partial charge on any atom is -0.315 e. The van der Waals surface area contributed by atoms with Gasteiger partial charge in [0.25, 0.3) is 0 Å². The summed E-state index contributed by atoms with van der Waals surface area (Å²) in [7, 11) is 0. The summed E-state index contributed by atoms with van der Waals surface area (Å²) in [5.74, 6) is 0.986. The van der Waals surface area contributed by atoms with E-state index in [2.05, 4.69) is 31.0 Å². The van der Waals surface area contributed by atoms with Crippen molar-refractivity contribution < 1.29 is 0 Å². The van der Waals surface area contributed by atoms with Crippen LogP contribution < -0.4 is 5.32 Å². The van der Waals surface area contributed by atoms with Crippen LogP contribution in [0.25, 0.3) is 0 Å². The Morgan fingerprint density at radius 1 is 1.17 bits per heavy atom. The van der Waals surface area contributed by atoms with Crippen LogP contribution in [0.1, 0.15) is 65.7 Å². The summed E-state index contributed by atoms with van der Waals surface area (Å²) < 4.78 is 0. The molecule has 2 atom stereocenters. The molecule has 1 saturated heterocycles. The Hall–Kier alpha value is -0.0800. The van der Waals surface area contributed by atoms with Gasteiger partial charge in [-0.15, -0.1) is 0 Å². The Morgan fingerprint density at radius 2 is 2.00 bits per heavy atom. The minimum atomic E-state index is 0.710. The molecular formula is C16H34N2. The third-order valence-corrected chi connectivity index (χ3v) is 4.48. The largest absolute Gasteiger partial charge is 0.315 e. The van der Waals surface area contributed by atoms with Crippen molar-refractivity contribution in [3.05, 3.63) is 0 Å². The van der Waals surface area contributed by atoms with Crippen LogP contribution in [0.2, 0.25) is 0 Å². The van der Waals surface area contributed by atoms with Crippen LogP contribution in [-0.4, -0.2) is 37.1 Å². The molecule has 1 aliphatic rings. The molecule has 2 nitrogen and oxygen atoms in total. The molecule has 18 heavy (non-hydrogen) atoms. The van der Waals surface area contributed by atoms with E-state index in [4.69, 9.17) is 0 Å². The first kappa shape index (κ1) is 16.0. The lowest BCUT2D eigenvalue weighted by molar-refractivity contribution is 0.209. The highest BCUT2D eigenvalue weighted by Crippen LogP contribution is 2.21. The molecule has 0 spiro atoms. The van der Waals surface area contributed by atoms with E-state index in [0.29, 0.717) is 6.04 Å². The lowest BCUT2D eigenvalue weighted by Crippen LogP contribution is -2.41. The zero-order valence-electron chi connectivity index (χ0n) is 12.9. The Kier molecular flexibility index (Phi) is 8.70. The lowest BCUT2D eigenvalue weighted by atomic mass is 9.98. The van der Waals surface area contributed by atoms with Crippen molar-refractivity contribution in [2.45, 2.75) is 71.8 Å². The van der Waals surface area contributed by atoms with Crippen LogP contribution in [0.3, 0.4) is 0 Å². The van der Waals surface area contributed by atoms with E-state index in [1.165, 1.54) is 71.1 Å². The molecule has 1 N–H and O–H groups in total. The van der Waals surface area contributed by atoms with Gasteiger partial charge in [-0.25, -0.2) is 0 Å². The third-order valence-electron chi connectivity index (χ3n) is 4.48. The van der Waals surface area contributed by atoms with Gasteiger partial charge < -0.3 is 5.32 Å². The van der Waals surface area contributed by atoms with Crippen molar-refractivity contribution in [1.29, 1.82) is 0 Å².